The molecule has 1 amide bonds. The molecule has 0 heterocycles. The molecule has 0 fully saturated rings. The van der Waals surface area contributed by atoms with Gasteiger partial charge in [0.1, 0.15) is 18.2 Å². The molecule has 3 rings (SSSR count). The van der Waals surface area contributed by atoms with E-state index in [-0.39, 0.29) is 36.4 Å². The lowest BCUT2D eigenvalue weighted by Crippen LogP contribution is -2.23. The van der Waals surface area contributed by atoms with Crippen molar-refractivity contribution in [2.75, 3.05) is 11.4 Å². The van der Waals surface area contributed by atoms with Gasteiger partial charge in [0.25, 0.3) is 0 Å². The molecule has 0 aromatic heterocycles. The minimum Gasteiger partial charge on any atom is -0.489 e. The number of hydrogen-bond acceptors (Lipinski definition) is 4. The summed E-state index contributed by atoms with van der Waals surface area (Å²) in [6.07, 6.45) is -4.39. The molecular weight excluding hydrogens is 500 g/mol. The molecule has 0 spiro atoms. The first-order chi connectivity index (χ1) is 17.0. The predicted octanol–water partition coefficient (Wildman–Crippen LogP) is 4.59. The summed E-state index contributed by atoms with van der Waals surface area (Å²) < 4.78 is 83.1. The van der Waals surface area contributed by atoms with Crippen molar-refractivity contribution < 1.29 is 35.5 Å². The fraction of sp³-hybridized carbons (Fsp3) is 0.240. The van der Waals surface area contributed by atoms with Gasteiger partial charge < -0.3 is 10.5 Å². The highest BCUT2D eigenvalue weighted by atomic mass is 32.2. The molecule has 0 aliphatic rings. The lowest BCUT2D eigenvalue weighted by atomic mass is 9.91. The standard InChI is InChI=1S/C25H24F4N2O4S/c1-31(36(33)34)22-12-9-18(13-21(22)26)20(24(30)32)11-8-17-7-10-19(25(27,28)29)14-23(17)35-15-16-5-3-2-4-6-16/h2-7,9-10,12-14,20,36H,8,11,15H2,1H3,(H2,30,32). The number of nitrogens with two attached hydrogens (primary N) is 1. The summed E-state index contributed by atoms with van der Waals surface area (Å²) >= 11 is 0. The lowest BCUT2D eigenvalue weighted by Gasteiger charge is -2.19. The van der Waals surface area contributed by atoms with Gasteiger partial charge in [-0.05, 0) is 53.8 Å². The fourth-order valence-electron chi connectivity index (χ4n) is 3.67. The first kappa shape index (κ1) is 27.0. The third-order valence-electron chi connectivity index (χ3n) is 5.65. The maximum absolute atomic E-state index is 14.5. The average molecular weight is 525 g/mol. The first-order valence-electron chi connectivity index (χ1n) is 10.8. The number of benzene rings is 3. The monoisotopic (exact) mass is 524 g/mol. The fourth-order valence-corrected chi connectivity index (χ4v) is 4.01. The summed E-state index contributed by atoms with van der Waals surface area (Å²) in [6, 6.07) is 15.7. The van der Waals surface area contributed by atoms with Gasteiger partial charge in [0.05, 0.1) is 17.2 Å². The van der Waals surface area contributed by atoms with Crippen molar-refractivity contribution in [2.45, 2.75) is 31.5 Å². The Kier molecular flexibility index (Phi) is 8.57. The van der Waals surface area contributed by atoms with E-state index < -0.39 is 40.3 Å². The van der Waals surface area contributed by atoms with Crippen molar-refractivity contribution in [1.29, 1.82) is 0 Å². The number of carbonyl (C=O) groups excluding carboxylic acids is 1. The molecule has 0 aliphatic heterocycles. The largest absolute Gasteiger partial charge is 0.489 e. The van der Waals surface area contributed by atoms with Crippen molar-refractivity contribution in [2.24, 2.45) is 5.73 Å². The maximum Gasteiger partial charge on any atom is 0.416 e. The highest BCUT2D eigenvalue weighted by Crippen LogP contribution is 2.35. The highest BCUT2D eigenvalue weighted by Gasteiger charge is 2.31. The van der Waals surface area contributed by atoms with Crippen LogP contribution >= 0.6 is 0 Å². The van der Waals surface area contributed by atoms with Gasteiger partial charge in [-0.1, -0.05) is 42.5 Å². The molecule has 192 valence electrons. The number of aryl methyl sites for hydroxylation is 1. The van der Waals surface area contributed by atoms with Crippen molar-refractivity contribution in [1.82, 2.24) is 0 Å². The van der Waals surface area contributed by atoms with Gasteiger partial charge >= 0.3 is 6.18 Å². The SMILES string of the molecule is CN(c1ccc(C(CCc2ccc(C(F)(F)F)cc2OCc2ccccc2)C(N)=O)cc1F)[SH](=O)=O. The minimum atomic E-state index is -4.57. The number of hydrogen-bond donors (Lipinski definition) is 2. The molecule has 3 aromatic carbocycles. The molecule has 1 atom stereocenters. The molecule has 11 heteroatoms. The van der Waals surface area contributed by atoms with Gasteiger partial charge in [-0.3, -0.25) is 9.10 Å². The van der Waals surface area contributed by atoms with Crippen LogP contribution in [0, 0.1) is 5.82 Å². The first-order valence-corrected chi connectivity index (χ1v) is 11.9. The number of primary amides is 1. The summed E-state index contributed by atoms with van der Waals surface area (Å²) in [7, 11) is -1.88. The Labute approximate surface area is 207 Å². The van der Waals surface area contributed by atoms with E-state index in [1.54, 1.807) is 30.3 Å². The number of thiol groups is 1. The van der Waals surface area contributed by atoms with E-state index in [4.69, 9.17) is 10.5 Å². The normalized spacial score (nSPS) is 12.4. The van der Waals surface area contributed by atoms with Crippen molar-refractivity contribution in [3.63, 3.8) is 0 Å². The van der Waals surface area contributed by atoms with E-state index >= 15 is 0 Å². The number of nitrogens with zero attached hydrogens (tertiary/aromatic N) is 1. The van der Waals surface area contributed by atoms with Gasteiger partial charge in [-0.25, -0.2) is 12.8 Å². The van der Waals surface area contributed by atoms with Crippen LogP contribution in [0.1, 0.15) is 34.6 Å². The topological polar surface area (TPSA) is 89.7 Å². The van der Waals surface area contributed by atoms with Crippen LogP contribution in [-0.2, 0) is 34.9 Å². The molecule has 6 nitrogen and oxygen atoms in total. The third kappa shape index (κ3) is 6.75. The lowest BCUT2D eigenvalue weighted by molar-refractivity contribution is -0.137. The summed E-state index contributed by atoms with van der Waals surface area (Å²) in [6.45, 7) is 0.0383. The molecule has 2 N–H and O–H groups in total. The number of carbonyl (C=O) groups is 1. The van der Waals surface area contributed by atoms with Gasteiger partial charge in [0.15, 0.2) is 0 Å². The summed E-state index contributed by atoms with van der Waals surface area (Å²) in [5.41, 5.74) is 5.86. The Morgan fingerprint density at radius 3 is 2.33 bits per heavy atom. The smallest absolute Gasteiger partial charge is 0.416 e. The molecule has 3 aromatic rings. The van der Waals surface area contributed by atoms with Crippen LogP contribution in [0.4, 0.5) is 23.2 Å². The molecule has 0 saturated carbocycles. The van der Waals surface area contributed by atoms with Crippen molar-refractivity contribution in [3.05, 3.63) is 94.8 Å². The summed E-state index contributed by atoms with van der Waals surface area (Å²) in [5, 5.41) is 0. The van der Waals surface area contributed by atoms with Crippen LogP contribution in [-0.4, -0.2) is 21.4 Å². The maximum atomic E-state index is 14.5. The molecule has 0 aliphatic carbocycles. The minimum absolute atomic E-state index is 0.0132. The summed E-state index contributed by atoms with van der Waals surface area (Å²) in [4.78, 5) is 12.2. The zero-order valence-electron chi connectivity index (χ0n) is 19.2. The number of rotatable bonds is 10. The van der Waals surface area contributed by atoms with Crippen LogP contribution in [0.5, 0.6) is 5.75 Å². The Morgan fingerprint density at radius 2 is 1.75 bits per heavy atom. The van der Waals surface area contributed by atoms with Crippen molar-refractivity contribution >= 4 is 22.5 Å². The third-order valence-corrected chi connectivity index (χ3v) is 6.35. The second-order valence-electron chi connectivity index (χ2n) is 8.06. The van der Waals surface area contributed by atoms with Gasteiger partial charge in [0.2, 0.25) is 16.8 Å². The van der Waals surface area contributed by atoms with E-state index in [0.717, 1.165) is 28.1 Å². The Morgan fingerprint density at radius 1 is 1.06 bits per heavy atom. The van der Waals surface area contributed by atoms with Crippen LogP contribution in [0.3, 0.4) is 0 Å². The zero-order chi connectivity index (χ0) is 26.5. The van der Waals surface area contributed by atoms with E-state index in [2.05, 4.69) is 0 Å². The number of anilines is 1. The molecule has 0 saturated heterocycles. The van der Waals surface area contributed by atoms with Crippen molar-refractivity contribution in [3.8, 4) is 5.75 Å². The van der Waals surface area contributed by atoms with Crippen LogP contribution in [0.25, 0.3) is 0 Å². The van der Waals surface area contributed by atoms with E-state index in [9.17, 15) is 30.8 Å². The molecule has 1 unspecified atom stereocenters. The van der Waals surface area contributed by atoms with Gasteiger partial charge in [-0.15, -0.1) is 0 Å². The van der Waals surface area contributed by atoms with E-state index in [1.807, 2.05) is 0 Å². The highest BCUT2D eigenvalue weighted by molar-refractivity contribution is 7.74. The van der Waals surface area contributed by atoms with Crippen LogP contribution in [0.2, 0.25) is 0 Å². The van der Waals surface area contributed by atoms with Gasteiger partial charge in [-0.2, -0.15) is 13.2 Å². The second-order valence-corrected chi connectivity index (χ2v) is 9.14. The van der Waals surface area contributed by atoms with Crippen LogP contribution < -0.4 is 14.8 Å². The van der Waals surface area contributed by atoms with E-state index in [0.29, 0.717) is 5.56 Å². The van der Waals surface area contributed by atoms with Gasteiger partial charge in [0, 0.05) is 7.05 Å². The molecule has 36 heavy (non-hydrogen) atoms. The van der Waals surface area contributed by atoms with E-state index in [1.165, 1.54) is 25.2 Å². The summed E-state index contributed by atoms with van der Waals surface area (Å²) in [5.74, 6) is -2.57. The quantitative estimate of drug-likeness (QED) is 0.300. The average Bonchev–Trinajstić information content (AvgIpc) is 2.82. The second kappa shape index (κ2) is 11.4. The predicted molar refractivity (Wildman–Crippen MR) is 128 cm³/mol. The number of ether oxygens (including phenoxy) is 1. The zero-order valence-corrected chi connectivity index (χ0v) is 20.1. The Bertz CT molecular complexity index is 1290. The molecule has 0 bridgehead atoms. The number of amides is 1. The Hall–Kier alpha value is -3.60. The molecular formula is C25H24F4N2O4S. The Balaban J connectivity index is 1.85. The molecule has 0 radical (unpaired) electrons. The number of halogens is 4. The number of alkyl halides is 3. The van der Waals surface area contributed by atoms with Crippen LogP contribution in [0.15, 0.2) is 66.7 Å².